The molecule has 1 fully saturated rings. The highest BCUT2D eigenvalue weighted by molar-refractivity contribution is 7.89. The third kappa shape index (κ3) is 4.31. The minimum atomic E-state index is -3.81. The maximum atomic E-state index is 13.9. The Kier molecular flexibility index (Phi) is 6.34. The van der Waals surface area contributed by atoms with E-state index in [0.29, 0.717) is 30.5 Å². The second kappa shape index (κ2) is 9.41. The molecular weight excluding hydrogens is 448 g/mol. The van der Waals surface area contributed by atoms with Crippen molar-refractivity contribution in [3.8, 4) is 11.5 Å². The Hall–Kier alpha value is -2.87. The molecule has 0 bridgehead atoms. The second-order valence-electron chi connectivity index (χ2n) is 9.06. The Bertz CT molecular complexity index is 1260. The molecule has 2 atom stereocenters. The number of fused-ring (bicyclic) bond motifs is 3. The number of hydrogen-bond acceptors (Lipinski definition) is 5. The minimum absolute atomic E-state index is 0.143. The van der Waals surface area contributed by atoms with Crippen molar-refractivity contribution in [3.63, 3.8) is 0 Å². The van der Waals surface area contributed by atoms with E-state index in [4.69, 9.17) is 9.47 Å². The summed E-state index contributed by atoms with van der Waals surface area (Å²) in [6.45, 7) is 3.46. The van der Waals surface area contributed by atoms with Gasteiger partial charge in [-0.05, 0) is 34.7 Å². The first-order chi connectivity index (χ1) is 16.5. The van der Waals surface area contributed by atoms with Gasteiger partial charge in [-0.2, -0.15) is 4.31 Å². The van der Waals surface area contributed by atoms with Crippen molar-refractivity contribution in [1.29, 1.82) is 0 Å². The fraction of sp³-hybridized carbons (Fsp3) is 0.333. The maximum absolute atomic E-state index is 13.9. The molecule has 0 saturated carbocycles. The topological polar surface area (TPSA) is 59.1 Å². The van der Waals surface area contributed by atoms with Crippen LogP contribution >= 0.6 is 0 Å². The summed E-state index contributed by atoms with van der Waals surface area (Å²) in [7, 11) is -0.783. The lowest BCUT2D eigenvalue weighted by Gasteiger charge is -2.25. The molecule has 178 valence electrons. The van der Waals surface area contributed by atoms with Crippen molar-refractivity contribution in [2.24, 2.45) is 5.92 Å². The van der Waals surface area contributed by atoms with Crippen LogP contribution in [-0.2, 0) is 23.1 Å². The van der Waals surface area contributed by atoms with Crippen LogP contribution in [-0.4, -0.2) is 51.5 Å². The monoisotopic (exact) mass is 478 g/mol. The van der Waals surface area contributed by atoms with Crippen LogP contribution in [0.4, 0.5) is 0 Å². The first kappa shape index (κ1) is 22.9. The second-order valence-corrected chi connectivity index (χ2v) is 11.0. The molecule has 0 aromatic heterocycles. The van der Waals surface area contributed by atoms with E-state index < -0.39 is 10.0 Å². The van der Waals surface area contributed by atoms with Gasteiger partial charge in [0.15, 0.2) is 0 Å². The average Bonchev–Trinajstić information content (AvgIpc) is 3.18. The number of benzene rings is 3. The number of hydrogen-bond donors (Lipinski definition) is 0. The lowest BCUT2D eigenvalue weighted by atomic mass is 9.87. The van der Waals surface area contributed by atoms with E-state index in [9.17, 15) is 8.42 Å². The lowest BCUT2D eigenvalue weighted by molar-refractivity contribution is 0.292. The minimum Gasteiger partial charge on any atom is -0.497 e. The lowest BCUT2D eigenvalue weighted by Crippen LogP contribution is -2.35. The van der Waals surface area contributed by atoms with E-state index in [-0.39, 0.29) is 10.8 Å². The van der Waals surface area contributed by atoms with Crippen LogP contribution < -0.4 is 9.47 Å². The summed E-state index contributed by atoms with van der Waals surface area (Å²) in [5.74, 6) is 1.32. The molecule has 5 rings (SSSR count). The summed E-state index contributed by atoms with van der Waals surface area (Å²) in [5.41, 5.74) is 3.61. The molecule has 2 heterocycles. The molecule has 3 aromatic carbocycles. The predicted molar refractivity (Wildman–Crippen MR) is 132 cm³/mol. The van der Waals surface area contributed by atoms with Gasteiger partial charge in [0, 0.05) is 44.7 Å². The Morgan fingerprint density at radius 3 is 2.41 bits per heavy atom. The number of methoxy groups -OCH3 is 2. The van der Waals surface area contributed by atoms with E-state index in [2.05, 4.69) is 47.4 Å². The summed E-state index contributed by atoms with van der Waals surface area (Å²) in [4.78, 5) is 2.59. The van der Waals surface area contributed by atoms with Gasteiger partial charge in [0.05, 0.1) is 14.2 Å². The van der Waals surface area contributed by atoms with Crippen LogP contribution in [0, 0.1) is 5.92 Å². The van der Waals surface area contributed by atoms with Crippen molar-refractivity contribution in [1.82, 2.24) is 9.21 Å². The molecular formula is C27H30N2O4S. The zero-order valence-corrected chi connectivity index (χ0v) is 20.4. The number of rotatable bonds is 6. The first-order valence-corrected chi connectivity index (χ1v) is 13.0. The molecule has 34 heavy (non-hydrogen) atoms. The van der Waals surface area contributed by atoms with E-state index in [1.807, 2.05) is 12.1 Å². The van der Waals surface area contributed by atoms with Crippen LogP contribution in [0.3, 0.4) is 0 Å². The Balaban J connectivity index is 1.49. The molecule has 1 unspecified atom stereocenters. The van der Waals surface area contributed by atoms with E-state index in [0.717, 1.165) is 25.2 Å². The SMILES string of the molecule is COc1ccc(OC)c(S(=O)(=O)N2Cc3ccccc3C3CN(Cc4ccccc4)C[C@H]3C2)c1. The molecule has 0 radical (unpaired) electrons. The standard InChI is InChI=1S/C27H30N2O4S/c1-32-23-12-13-26(33-2)27(14-23)34(30,31)29-17-21-10-6-7-11-24(21)25-19-28(16-22(25)18-29)15-20-8-4-3-5-9-20/h3-14,22,25H,15-19H2,1-2H3/t22-,25?/m0/s1. The summed E-state index contributed by atoms with van der Waals surface area (Å²) in [6, 6.07) is 23.6. The summed E-state index contributed by atoms with van der Waals surface area (Å²) in [6.07, 6.45) is 0. The van der Waals surface area contributed by atoms with Crippen molar-refractivity contribution < 1.29 is 17.9 Å². The predicted octanol–water partition coefficient (Wildman–Crippen LogP) is 4.12. The molecule has 7 heteroatoms. The molecule has 2 aliphatic rings. The molecule has 2 aliphatic heterocycles. The summed E-state index contributed by atoms with van der Waals surface area (Å²) in [5, 5.41) is 0. The highest BCUT2D eigenvalue weighted by Gasteiger charge is 2.41. The molecule has 1 saturated heterocycles. The van der Waals surface area contributed by atoms with E-state index in [1.54, 1.807) is 22.5 Å². The first-order valence-electron chi connectivity index (χ1n) is 11.6. The highest BCUT2D eigenvalue weighted by atomic mass is 32.2. The Morgan fingerprint density at radius 2 is 1.65 bits per heavy atom. The van der Waals surface area contributed by atoms with Crippen molar-refractivity contribution in [3.05, 3.63) is 89.5 Å². The third-order valence-electron chi connectivity index (χ3n) is 6.99. The fourth-order valence-corrected chi connectivity index (χ4v) is 6.98. The zero-order chi connectivity index (χ0) is 23.7. The average molecular weight is 479 g/mol. The number of ether oxygens (including phenoxy) is 2. The molecule has 0 spiro atoms. The van der Waals surface area contributed by atoms with Crippen LogP contribution in [0.25, 0.3) is 0 Å². The summed E-state index contributed by atoms with van der Waals surface area (Å²) >= 11 is 0. The van der Waals surface area contributed by atoms with Crippen molar-refractivity contribution in [2.75, 3.05) is 33.9 Å². The van der Waals surface area contributed by atoms with Gasteiger partial charge in [-0.3, -0.25) is 4.90 Å². The highest BCUT2D eigenvalue weighted by Crippen LogP contribution is 2.41. The smallest absolute Gasteiger partial charge is 0.247 e. The van der Waals surface area contributed by atoms with Gasteiger partial charge < -0.3 is 9.47 Å². The third-order valence-corrected chi connectivity index (χ3v) is 8.83. The largest absolute Gasteiger partial charge is 0.497 e. The van der Waals surface area contributed by atoms with Gasteiger partial charge in [-0.15, -0.1) is 0 Å². The fourth-order valence-electron chi connectivity index (χ4n) is 5.33. The maximum Gasteiger partial charge on any atom is 0.247 e. The van der Waals surface area contributed by atoms with Crippen molar-refractivity contribution in [2.45, 2.75) is 23.9 Å². The van der Waals surface area contributed by atoms with Gasteiger partial charge in [0.25, 0.3) is 0 Å². The van der Waals surface area contributed by atoms with Crippen molar-refractivity contribution >= 4 is 10.0 Å². The normalized spacial score (nSPS) is 20.9. The Morgan fingerprint density at radius 1 is 0.882 bits per heavy atom. The molecule has 0 aliphatic carbocycles. The molecule has 0 N–H and O–H groups in total. The number of sulfonamides is 1. The van der Waals surface area contributed by atoms with E-state index >= 15 is 0 Å². The molecule has 0 amide bonds. The number of likely N-dealkylation sites (tertiary alicyclic amines) is 1. The van der Waals surface area contributed by atoms with Crippen LogP contribution in [0.2, 0.25) is 0 Å². The zero-order valence-electron chi connectivity index (χ0n) is 19.6. The van der Waals surface area contributed by atoms with Crippen LogP contribution in [0.1, 0.15) is 22.6 Å². The van der Waals surface area contributed by atoms with Gasteiger partial charge in [0.2, 0.25) is 10.0 Å². The van der Waals surface area contributed by atoms with Gasteiger partial charge >= 0.3 is 0 Å². The van der Waals surface area contributed by atoms with Crippen LogP contribution in [0.5, 0.6) is 11.5 Å². The quantitative estimate of drug-likeness (QED) is 0.533. The van der Waals surface area contributed by atoms with Gasteiger partial charge in [0.1, 0.15) is 16.4 Å². The van der Waals surface area contributed by atoms with E-state index in [1.165, 1.54) is 25.3 Å². The Labute approximate surface area is 201 Å². The van der Waals surface area contributed by atoms with Gasteiger partial charge in [-0.1, -0.05) is 54.6 Å². The summed E-state index contributed by atoms with van der Waals surface area (Å²) < 4.78 is 40.2. The van der Waals surface area contributed by atoms with Gasteiger partial charge in [-0.25, -0.2) is 8.42 Å². The molecule has 3 aromatic rings. The number of nitrogens with zero attached hydrogens (tertiary/aromatic N) is 2. The van der Waals surface area contributed by atoms with Crippen LogP contribution in [0.15, 0.2) is 77.7 Å². The molecule has 6 nitrogen and oxygen atoms in total.